The Hall–Kier alpha value is -1.66. The maximum Gasteiger partial charge on any atom is 0.389 e. The smallest absolute Gasteiger partial charge is 0.389 e. The van der Waals surface area contributed by atoms with Crippen LogP contribution in [0.25, 0.3) is 0 Å². The van der Waals surface area contributed by atoms with Crippen molar-refractivity contribution in [2.24, 2.45) is 0 Å². The maximum atomic E-state index is 12.1. The van der Waals surface area contributed by atoms with Crippen LogP contribution < -0.4 is 0 Å². The number of nitrogens with zero attached hydrogens (tertiary/aromatic N) is 2. The van der Waals surface area contributed by atoms with E-state index >= 15 is 0 Å². The van der Waals surface area contributed by atoms with Crippen molar-refractivity contribution in [3.63, 3.8) is 0 Å². The molecule has 1 aromatic rings. The topological polar surface area (TPSA) is 63.1 Å². The summed E-state index contributed by atoms with van der Waals surface area (Å²) in [5.74, 6) is -1.11. The van der Waals surface area contributed by atoms with Crippen molar-refractivity contribution in [2.45, 2.75) is 37.8 Å². The zero-order valence-corrected chi connectivity index (χ0v) is 9.37. The third kappa shape index (κ3) is 3.41. The van der Waals surface area contributed by atoms with Crippen molar-refractivity contribution in [3.8, 4) is 0 Å². The molecule has 1 aliphatic rings. The van der Waals surface area contributed by atoms with E-state index in [-0.39, 0.29) is 23.9 Å². The first-order chi connectivity index (χ1) is 8.35. The average Bonchev–Trinajstić information content (AvgIpc) is 3.08. The third-order valence-electron chi connectivity index (χ3n) is 2.64. The summed E-state index contributed by atoms with van der Waals surface area (Å²) in [6.07, 6.45) is -3.92. The molecule has 1 heterocycles. The summed E-state index contributed by atoms with van der Waals surface area (Å²) in [6, 6.07) is 1.34. The molecule has 1 saturated carbocycles. The van der Waals surface area contributed by atoms with Crippen molar-refractivity contribution in [2.75, 3.05) is 0 Å². The second-order valence-electron chi connectivity index (χ2n) is 4.29. The van der Waals surface area contributed by atoms with Crippen LogP contribution in [0, 0.1) is 0 Å². The molecule has 0 bridgehead atoms. The van der Waals surface area contributed by atoms with Gasteiger partial charge in [-0.05, 0) is 18.9 Å². The zero-order valence-electron chi connectivity index (χ0n) is 9.37. The van der Waals surface area contributed by atoms with Crippen molar-refractivity contribution >= 4 is 5.97 Å². The second-order valence-corrected chi connectivity index (χ2v) is 4.29. The van der Waals surface area contributed by atoms with Crippen LogP contribution in [0.15, 0.2) is 6.07 Å². The van der Waals surface area contributed by atoms with E-state index in [2.05, 4.69) is 9.97 Å². The molecule has 1 N–H and O–H groups in total. The van der Waals surface area contributed by atoms with Crippen LogP contribution in [0.3, 0.4) is 0 Å². The molecule has 18 heavy (non-hydrogen) atoms. The van der Waals surface area contributed by atoms with Crippen LogP contribution in [-0.4, -0.2) is 27.2 Å². The summed E-state index contributed by atoms with van der Waals surface area (Å²) in [6.45, 7) is 0. The van der Waals surface area contributed by atoms with Crippen molar-refractivity contribution in [3.05, 3.63) is 23.3 Å². The Morgan fingerprint density at radius 3 is 2.56 bits per heavy atom. The van der Waals surface area contributed by atoms with Gasteiger partial charge in [-0.3, -0.25) is 0 Å². The molecule has 0 saturated heterocycles. The lowest BCUT2D eigenvalue weighted by Gasteiger charge is -2.07. The van der Waals surface area contributed by atoms with Gasteiger partial charge in [-0.25, -0.2) is 14.8 Å². The van der Waals surface area contributed by atoms with Crippen LogP contribution in [0.5, 0.6) is 0 Å². The van der Waals surface area contributed by atoms with Gasteiger partial charge in [0.2, 0.25) is 0 Å². The molecular formula is C11H11F3N2O2. The van der Waals surface area contributed by atoms with Crippen LogP contribution >= 0.6 is 0 Å². The fourth-order valence-electron chi connectivity index (χ4n) is 1.58. The molecule has 7 heteroatoms. The Morgan fingerprint density at radius 2 is 2.06 bits per heavy atom. The fraction of sp³-hybridized carbons (Fsp3) is 0.545. The maximum absolute atomic E-state index is 12.1. The Bertz CT molecular complexity index is 470. The van der Waals surface area contributed by atoms with Crippen LogP contribution in [0.4, 0.5) is 13.2 Å². The van der Waals surface area contributed by atoms with Gasteiger partial charge in [-0.1, -0.05) is 0 Å². The zero-order chi connectivity index (χ0) is 13.3. The lowest BCUT2D eigenvalue weighted by atomic mass is 10.2. The highest BCUT2D eigenvalue weighted by molar-refractivity contribution is 5.85. The van der Waals surface area contributed by atoms with Gasteiger partial charge in [-0.2, -0.15) is 13.2 Å². The first kappa shape index (κ1) is 12.8. The molecule has 0 atom stereocenters. The molecule has 1 aromatic heterocycles. The molecule has 0 spiro atoms. The predicted octanol–water partition coefficient (Wildman–Crippen LogP) is 2.55. The molecular weight excluding hydrogens is 249 g/mol. The first-order valence-electron chi connectivity index (χ1n) is 5.53. The molecule has 4 nitrogen and oxygen atoms in total. The summed E-state index contributed by atoms with van der Waals surface area (Å²) in [5, 5.41) is 8.85. The van der Waals surface area contributed by atoms with Gasteiger partial charge < -0.3 is 5.11 Å². The third-order valence-corrected chi connectivity index (χ3v) is 2.64. The Labute approximate surface area is 101 Å². The molecule has 0 aromatic carbocycles. The molecule has 1 fully saturated rings. The number of carboxylic acids is 1. The molecule has 98 valence electrons. The standard InChI is InChI=1S/C11H11F3N2O2/c12-11(13,14)4-3-9-15-7(6-1-2-6)5-8(16-9)10(17)18/h5-6H,1-4H2,(H,17,18). The highest BCUT2D eigenvalue weighted by Crippen LogP contribution is 2.39. The van der Waals surface area contributed by atoms with Gasteiger partial charge in [0.15, 0.2) is 5.69 Å². The van der Waals surface area contributed by atoms with Crippen molar-refractivity contribution in [1.82, 2.24) is 9.97 Å². The number of carbonyl (C=O) groups is 1. The summed E-state index contributed by atoms with van der Waals surface area (Å²) in [7, 11) is 0. The lowest BCUT2D eigenvalue weighted by Crippen LogP contribution is -2.13. The van der Waals surface area contributed by atoms with Crippen molar-refractivity contribution < 1.29 is 23.1 Å². The average molecular weight is 260 g/mol. The van der Waals surface area contributed by atoms with Gasteiger partial charge in [-0.15, -0.1) is 0 Å². The minimum atomic E-state index is -4.29. The van der Waals surface area contributed by atoms with E-state index in [9.17, 15) is 18.0 Å². The minimum absolute atomic E-state index is 0.0471. The summed E-state index contributed by atoms with van der Waals surface area (Å²) >= 11 is 0. The van der Waals surface area contributed by atoms with Crippen LogP contribution in [0.2, 0.25) is 0 Å². The molecule has 0 aliphatic heterocycles. The summed E-state index contributed by atoms with van der Waals surface area (Å²) in [5.41, 5.74) is 0.309. The number of rotatable bonds is 4. The molecule has 2 rings (SSSR count). The van der Waals surface area contributed by atoms with E-state index in [1.807, 2.05) is 0 Å². The van der Waals surface area contributed by atoms with Gasteiger partial charge in [0, 0.05) is 18.0 Å². The SMILES string of the molecule is O=C(O)c1cc(C2CC2)nc(CCC(F)(F)F)n1. The number of hydrogen-bond acceptors (Lipinski definition) is 3. The number of halogens is 3. The number of aryl methyl sites for hydroxylation is 1. The molecule has 0 radical (unpaired) electrons. The quantitative estimate of drug-likeness (QED) is 0.903. The number of hydrogen-bond donors (Lipinski definition) is 1. The minimum Gasteiger partial charge on any atom is -0.477 e. The van der Waals surface area contributed by atoms with Crippen LogP contribution in [0.1, 0.15) is 47.2 Å². The fourth-order valence-corrected chi connectivity index (χ4v) is 1.58. The number of aromatic nitrogens is 2. The van der Waals surface area contributed by atoms with Gasteiger partial charge in [0.05, 0.1) is 6.42 Å². The monoisotopic (exact) mass is 260 g/mol. The number of carboxylic acid groups (broad SMARTS) is 1. The summed E-state index contributed by atoms with van der Waals surface area (Å²) < 4.78 is 36.3. The van der Waals surface area contributed by atoms with Gasteiger partial charge >= 0.3 is 12.1 Å². The van der Waals surface area contributed by atoms with Gasteiger partial charge in [0.25, 0.3) is 0 Å². The highest BCUT2D eigenvalue weighted by Gasteiger charge is 2.29. The molecule has 0 amide bonds. The predicted molar refractivity (Wildman–Crippen MR) is 55.3 cm³/mol. The van der Waals surface area contributed by atoms with E-state index in [0.717, 1.165) is 12.8 Å². The van der Waals surface area contributed by atoms with E-state index < -0.39 is 18.6 Å². The van der Waals surface area contributed by atoms with E-state index in [1.165, 1.54) is 6.07 Å². The second kappa shape index (κ2) is 4.55. The molecule has 1 aliphatic carbocycles. The summed E-state index contributed by atoms with van der Waals surface area (Å²) in [4.78, 5) is 18.5. The largest absolute Gasteiger partial charge is 0.477 e. The Kier molecular flexibility index (Phi) is 3.23. The first-order valence-corrected chi connectivity index (χ1v) is 5.53. The molecule has 0 unspecified atom stereocenters. The van der Waals surface area contributed by atoms with Crippen LogP contribution in [-0.2, 0) is 6.42 Å². The van der Waals surface area contributed by atoms with Gasteiger partial charge in [0.1, 0.15) is 5.82 Å². The Morgan fingerprint density at radius 1 is 1.39 bits per heavy atom. The number of aromatic carboxylic acids is 1. The normalized spacial score (nSPS) is 15.7. The van der Waals surface area contributed by atoms with Crippen molar-refractivity contribution in [1.29, 1.82) is 0 Å². The number of alkyl halides is 3. The van der Waals surface area contributed by atoms with E-state index in [1.54, 1.807) is 0 Å². The Balaban J connectivity index is 2.20. The van der Waals surface area contributed by atoms with E-state index in [4.69, 9.17) is 5.11 Å². The highest BCUT2D eigenvalue weighted by atomic mass is 19.4. The lowest BCUT2D eigenvalue weighted by molar-refractivity contribution is -0.134. The van der Waals surface area contributed by atoms with E-state index in [0.29, 0.717) is 5.69 Å².